The second-order valence-electron chi connectivity index (χ2n) is 2.66. The number of halogens is 3. The van der Waals surface area contributed by atoms with Crippen molar-refractivity contribution in [1.82, 2.24) is 5.32 Å². The summed E-state index contributed by atoms with van der Waals surface area (Å²) in [6, 6.07) is 4.68. The molecule has 76 valence electrons. The fraction of sp³-hybridized carbons (Fsp3) is 0.222. The second-order valence-corrected chi connectivity index (χ2v) is 3.78. The normalized spacial score (nSPS) is 9.93. The van der Waals surface area contributed by atoms with Crippen LogP contribution in [0.3, 0.4) is 0 Å². The minimum absolute atomic E-state index is 0.0843. The molecule has 1 amide bonds. The van der Waals surface area contributed by atoms with Gasteiger partial charge < -0.3 is 5.32 Å². The summed E-state index contributed by atoms with van der Waals surface area (Å²) in [6.45, 7) is 0.287. The fourth-order valence-electron chi connectivity index (χ4n) is 0.897. The predicted octanol–water partition coefficient (Wildman–Crippen LogP) is 2.44. The van der Waals surface area contributed by atoms with Crippen molar-refractivity contribution in [3.05, 3.63) is 34.1 Å². The summed E-state index contributed by atoms with van der Waals surface area (Å²) in [5.74, 6) is -0.698. The first-order valence-corrected chi connectivity index (χ1v) is 5.23. The lowest BCUT2D eigenvalue weighted by Gasteiger charge is -2.03. The van der Waals surface area contributed by atoms with Gasteiger partial charge in [0.05, 0.1) is 4.47 Å². The summed E-state index contributed by atoms with van der Waals surface area (Å²) in [5.41, 5.74) is 0.698. The summed E-state index contributed by atoms with van der Waals surface area (Å²) in [6.07, 6.45) is 0. The largest absolute Gasteiger partial charge is 0.351 e. The maximum absolute atomic E-state index is 13.0. The lowest BCUT2D eigenvalue weighted by Crippen LogP contribution is -2.23. The zero-order chi connectivity index (χ0) is 10.6. The van der Waals surface area contributed by atoms with Gasteiger partial charge in [-0.15, -0.1) is 11.6 Å². The smallest absolute Gasteiger partial charge is 0.235 e. The zero-order valence-electron chi connectivity index (χ0n) is 7.19. The van der Waals surface area contributed by atoms with Crippen LogP contribution in [0.2, 0.25) is 0 Å². The highest BCUT2D eigenvalue weighted by atomic mass is 79.9. The molecule has 0 spiro atoms. The molecule has 0 fully saturated rings. The zero-order valence-corrected chi connectivity index (χ0v) is 9.53. The average Bonchev–Trinajstić information content (AvgIpc) is 2.19. The van der Waals surface area contributed by atoms with E-state index in [2.05, 4.69) is 21.2 Å². The minimum Gasteiger partial charge on any atom is -0.351 e. The molecule has 1 aromatic rings. The molecule has 0 bridgehead atoms. The third-order valence-corrected chi connectivity index (χ3v) is 2.48. The van der Waals surface area contributed by atoms with Crippen molar-refractivity contribution in [3.8, 4) is 0 Å². The fourth-order valence-corrected chi connectivity index (χ4v) is 1.24. The van der Waals surface area contributed by atoms with E-state index < -0.39 is 0 Å². The number of nitrogens with one attached hydrogen (secondary N) is 1. The first kappa shape index (κ1) is 11.5. The van der Waals surface area contributed by atoms with Crippen LogP contribution in [0.1, 0.15) is 5.56 Å². The van der Waals surface area contributed by atoms with Crippen LogP contribution in [0, 0.1) is 5.82 Å². The van der Waals surface area contributed by atoms with E-state index in [4.69, 9.17) is 11.6 Å². The Kier molecular flexibility index (Phi) is 4.35. The molecular weight excluding hydrogens is 272 g/mol. The van der Waals surface area contributed by atoms with E-state index in [0.29, 0.717) is 10.0 Å². The van der Waals surface area contributed by atoms with E-state index in [1.807, 2.05) is 0 Å². The summed E-state index contributed by atoms with van der Waals surface area (Å²) in [7, 11) is 0. The molecule has 1 N–H and O–H groups in total. The van der Waals surface area contributed by atoms with Gasteiger partial charge in [0.1, 0.15) is 11.7 Å². The van der Waals surface area contributed by atoms with Crippen molar-refractivity contribution in [1.29, 1.82) is 0 Å². The molecule has 0 aromatic heterocycles. The van der Waals surface area contributed by atoms with Crippen molar-refractivity contribution in [2.75, 3.05) is 5.88 Å². The Hall–Kier alpha value is -0.610. The Morgan fingerprint density at radius 2 is 2.29 bits per heavy atom. The van der Waals surface area contributed by atoms with Crippen molar-refractivity contribution < 1.29 is 9.18 Å². The van der Waals surface area contributed by atoms with Gasteiger partial charge >= 0.3 is 0 Å². The molecule has 1 aromatic carbocycles. The summed E-state index contributed by atoms with van der Waals surface area (Å²) in [5, 5.41) is 2.54. The van der Waals surface area contributed by atoms with Gasteiger partial charge in [-0.05, 0) is 33.6 Å². The second kappa shape index (κ2) is 5.32. The third kappa shape index (κ3) is 3.27. The van der Waals surface area contributed by atoms with E-state index in [1.54, 1.807) is 12.1 Å². The molecule has 0 heterocycles. The molecule has 0 unspecified atom stereocenters. The number of amides is 1. The number of rotatable bonds is 3. The van der Waals surface area contributed by atoms with Crippen molar-refractivity contribution in [3.63, 3.8) is 0 Å². The van der Waals surface area contributed by atoms with Gasteiger partial charge in [-0.1, -0.05) is 6.07 Å². The van der Waals surface area contributed by atoms with Crippen LogP contribution in [-0.4, -0.2) is 11.8 Å². The molecule has 2 nitrogen and oxygen atoms in total. The number of alkyl halides is 1. The topological polar surface area (TPSA) is 29.1 Å². The SMILES string of the molecule is O=C(CCl)NCc1ccc(Br)c(F)c1. The predicted molar refractivity (Wildman–Crippen MR) is 56.7 cm³/mol. The summed E-state index contributed by atoms with van der Waals surface area (Å²) >= 11 is 8.32. The molecule has 0 saturated heterocycles. The van der Waals surface area contributed by atoms with E-state index in [-0.39, 0.29) is 24.1 Å². The highest BCUT2D eigenvalue weighted by molar-refractivity contribution is 9.10. The highest BCUT2D eigenvalue weighted by Crippen LogP contribution is 2.16. The van der Waals surface area contributed by atoms with Crippen molar-refractivity contribution >= 4 is 33.4 Å². The molecule has 14 heavy (non-hydrogen) atoms. The molecule has 0 aliphatic carbocycles. The van der Waals surface area contributed by atoms with Crippen molar-refractivity contribution in [2.45, 2.75) is 6.54 Å². The standard InChI is InChI=1S/C9H8BrClFNO/c10-7-2-1-6(3-8(7)12)5-13-9(14)4-11/h1-3H,4-5H2,(H,13,14). The first-order chi connectivity index (χ1) is 6.63. The van der Waals surface area contributed by atoms with Crippen LogP contribution in [0.5, 0.6) is 0 Å². The third-order valence-electron chi connectivity index (χ3n) is 1.60. The molecule has 0 saturated carbocycles. The minimum atomic E-state index is -0.345. The summed E-state index contributed by atoms with van der Waals surface area (Å²) in [4.78, 5) is 10.8. The molecular formula is C9H8BrClFNO. The Balaban J connectivity index is 2.60. The van der Waals surface area contributed by atoms with E-state index in [9.17, 15) is 9.18 Å². The van der Waals surface area contributed by atoms with Gasteiger partial charge in [0, 0.05) is 6.54 Å². The lowest BCUT2D eigenvalue weighted by atomic mass is 10.2. The number of hydrogen-bond acceptors (Lipinski definition) is 1. The number of carbonyl (C=O) groups is 1. The maximum atomic E-state index is 13.0. The van der Waals surface area contributed by atoms with Crippen LogP contribution in [-0.2, 0) is 11.3 Å². The van der Waals surface area contributed by atoms with Gasteiger partial charge in [-0.25, -0.2) is 4.39 Å². The average molecular weight is 281 g/mol. The quantitative estimate of drug-likeness (QED) is 0.847. The van der Waals surface area contributed by atoms with Crippen LogP contribution in [0.25, 0.3) is 0 Å². The van der Waals surface area contributed by atoms with E-state index >= 15 is 0 Å². The molecule has 0 aliphatic heterocycles. The molecule has 0 aliphatic rings. The van der Waals surface area contributed by atoms with Crippen LogP contribution >= 0.6 is 27.5 Å². The van der Waals surface area contributed by atoms with Crippen LogP contribution in [0.15, 0.2) is 22.7 Å². The highest BCUT2D eigenvalue weighted by Gasteiger charge is 2.02. The number of benzene rings is 1. The monoisotopic (exact) mass is 279 g/mol. The molecule has 5 heteroatoms. The van der Waals surface area contributed by atoms with Gasteiger partial charge in [-0.3, -0.25) is 4.79 Å². The molecule has 1 rings (SSSR count). The Bertz CT molecular complexity index is 346. The molecule has 0 atom stereocenters. The van der Waals surface area contributed by atoms with E-state index in [1.165, 1.54) is 6.07 Å². The maximum Gasteiger partial charge on any atom is 0.235 e. The van der Waals surface area contributed by atoms with E-state index in [0.717, 1.165) is 0 Å². The number of hydrogen-bond donors (Lipinski definition) is 1. The van der Waals surface area contributed by atoms with Gasteiger partial charge in [0.2, 0.25) is 5.91 Å². The Morgan fingerprint density at radius 1 is 1.57 bits per heavy atom. The van der Waals surface area contributed by atoms with Gasteiger partial charge in [0.25, 0.3) is 0 Å². The summed E-state index contributed by atoms with van der Waals surface area (Å²) < 4.78 is 13.4. The van der Waals surface area contributed by atoms with Gasteiger partial charge in [-0.2, -0.15) is 0 Å². The van der Waals surface area contributed by atoms with Gasteiger partial charge in [0.15, 0.2) is 0 Å². The number of carbonyl (C=O) groups excluding carboxylic acids is 1. The Morgan fingerprint density at radius 3 is 2.86 bits per heavy atom. The Labute approximate surface area is 94.6 Å². The van der Waals surface area contributed by atoms with Crippen molar-refractivity contribution in [2.24, 2.45) is 0 Å². The first-order valence-electron chi connectivity index (χ1n) is 3.90. The lowest BCUT2D eigenvalue weighted by molar-refractivity contribution is -0.118. The van der Waals surface area contributed by atoms with Crippen LogP contribution in [0.4, 0.5) is 4.39 Å². The molecule has 0 radical (unpaired) electrons. The van der Waals surface area contributed by atoms with Crippen LogP contribution < -0.4 is 5.32 Å².